The number of hydrogen-bond donors (Lipinski definition) is 2. The summed E-state index contributed by atoms with van der Waals surface area (Å²) in [4.78, 5) is 9.96. The third-order valence-electron chi connectivity index (χ3n) is 2.57. The van der Waals surface area contributed by atoms with Gasteiger partial charge in [0, 0.05) is 24.8 Å². The lowest BCUT2D eigenvalue weighted by molar-refractivity contribution is -0.387. The Morgan fingerprint density at radius 1 is 1.20 bits per heavy atom. The summed E-state index contributed by atoms with van der Waals surface area (Å²) in [7, 11) is -3.88. The highest BCUT2D eigenvalue weighted by atomic mass is 32.2. The van der Waals surface area contributed by atoms with Crippen molar-refractivity contribution in [3.05, 3.63) is 28.3 Å². The summed E-state index contributed by atoms with van der Waals surface area (Å²) in [6, 6.07) is 4.01. The summed E-state index contributed by atoms with van der Waals surface area (Å²) in [5.41, 5.74) is 0.130. The van der Waals surface area contributed by atoms with E-state index in [2.05, 4.69) is 10.0 Å². The Morgan fingerprint density at radius 3 is 2.40 bits per heavy atom. The van der Waals surface area contributed by atoms with Gasteiger partial charge in [0.1, 0.15) is 0 Å². The van der Waals surface area contributed by atoms with E-state index in [1.807, 2.05) is 13.8 Å². The van der Waals surface area contributed by atoms with Gasteiger partial charge in [0.25, 0.3) is 5.69 Å². The number of sulfonamides is 1. The average molecular weight is 301 g/mol. The molecule has 0 radical (unpaired) electrons. The summed E-state index contributed by atoms with van der Waals surface area (Å²) >= 11 is 0. The molecule has 20 heavy (non-hydrogen) atoms. The number of nitro groups is 1. The summed E-state index contributed by atoms with van der Waals surface area (Å²) in [6.45, 7) is 4.70. The third-order valence-corrected chi connectivity index (χ3v) is 4.06. The van der Waals surface area contributed by atoms with Crippen LogP contribution in [0, 0.1) is 10.1 Å². The maximum absolute atomic E-state index is 12.1. The van der Waals surface area contributed by atoms with Gasteiger partial charge in [0.2, 0.25) is 10.0 Å². The molecule has 0 atom stereocenters. The number of rotatable bonds is 8. The van der Waals surface area contributed by atoms with E-state index in [0.29, 0.717) is 18.7 Å². The highest BCUT2D eigenvalue weighted by molar-refractivity contribution is 7.89. The van der Waals surface area contributed by atoms with E-state index in [4.69, 9.17) is 0 Å². The zero-order valence-corrected chi connectivity index (χ0v) is 12.4. The first kappa shape index (κ1) is 16.4. The van der Waals surface area contributed by atoms with E-state index in [9.17, 15) is 18.5 Å². The van der Waals surface area contributed by atoms with Gasteiger partial charge in [-0.25, -0.2) is 13.1 Å². The van der Waals surface area contributed by atoms with Crippen LogP contribution in [0.15, 0.2) is 23.1 Å². The minimum atomic E-state index is -3.88. The molecule has 0 aliphatic carbocycles. The number of nitrogens with zero attached hydrogens (tertiary/aromatic N) is 1. The van der Waals surface area contributed by atoms with Crippen LogP contribution in [0.2, 0.25) is 0 Å². The van der Waals surface area contributed by atoms with E-state index in [-0.39, 0.29) is 11.4 Å². The smallest absolute Gasteiger partial charge is 0.289 e. The number of nitro benzene ring substituents is 1. The zero-order chi connectivity index (χ0) is 15.2. The van der Waals surface area contributed by atoms with Crippen LogP contribution >= 0.6 is 0 Å². The molecule has 0 fully saturated rings. The summed E-state index contributed by atoms with van der Waals surface area (Å²) < 4.78 is 26.5. The van der Waals surface area contributed by atoms with Crippen LogP contribution < -0.4 is 10.0 Å². The van der Waals surface area contributed by atoms with Crippen LogP contribution in [-0.4, -0.2) is 26.4 Å². The van der Waals surface area contributed by atoms with Crippen molar-refractivity contribution >= 4 is 21.4 Å². The largest absolute Gasteiger partial charge is 0.385 e. The summed E-state index contributed by atoms with van der Waals surface area (Å²) in [5.74, 6) is 0. The molecule has 0 aromatic heterocycles. The number of benzene rings is 1. The second kappa shape index (κ2) is 7.20. The SMILES string of the molecule is CCCNc1ccc([N+](=O)[O-])c(S(=O)(=O)NCCC)c1. The molecule has 0 saturated carbocycles. The molecule has 2 N–H and O–H groups in total. The van der Waals surface area contributed by atoms with Crippen LogP contribution in [-0.2, 0) is 10.0 Å². The predicted octanol–water partition coefficient (Wildman–Crippen LogP) is 2.10. The summed E-state index contributed by atoms with van der Waals surface area (Å²) in [5, 5.41) is 14.0. The maximum Gasteiger partial charge on any atom is 0.289 e. The minimum absolute atomic E-state index is 0.242. The van der Waals surface area contributed by atoms with Crippen molar-refractivity contribution in [3.8, 4) is 0 Å². The standard InChI is InChI=1S/C12H19N3O4S/c1-3-7-13-10-5-6-11(15(16)17)12(9-10)20(18,19)14-8-4-2/h5-6,9,13-14H,3-4,7-8H2,1-2H3. The molecular formula is C12H19N3O4S. The lowest BCUT2D eigenvalue weighted by atomic mass is 10.3. The Balaban J connectivity index is 3.21. The molecule has 1 aromatic carbocycles. The Kier molecular flexibility index (Phi) is 5.90. The molecule has 112 valence electrons. The van der Waals surface area contributed by atoms with E-state index in [1.54, 1.807) is 0 Å². The fourth-order valence-corrected chi connectivity index (χ4v) is 2.90. The van der Waals surface area contributed by atoms with Gasteiger partial charge in [0.05, 0.1) is 4.92 Å². The lowest BCUT2D eigenvalue weighted by Crippen LogP contribution is -2.25. The van der Waals surface area contributed by atoms with Crippen LogP contribution in [0.25, 0.3) is 0 Å². The van der Waals surface area contributed by atoms with Gasteiger partial charge < -0.3 is 5.32 Å². The molecule has 0 saturated heterocycles. The second-order valence-corrected chi connectivity index (χ2v) is 6.00. The topological polar surface area (TPSA) is 101 Å². The summed E-state index contributed by atoms with van der Waals surface area (Å²) in [6.07, 6.45) is 1.48. The van der Waals surface area contributed by atoms with Crippen molar-refractivity contribution in [1.29, 1.82) is 0 Å². The van der Waals surface area contributed by atoms with Gasteiger partial charge in [-0.05, 0) is 25.0 Å². The van der Waals surface area contributed by atoms with Crippen molar-refractivity contribution in [1.82, 2.24) is 4.72 Å². The molecule has 0 bridgehead atoms. The lowest BCUT2D eigenvalue weighted by Gasteiger charge is -2.09. The van der Waals surface area contributed by atoms with Gasteiger partial charge in [0.15, 0.2) is 4.90 Å². The Morgan fingerprint density at radius 2 is 1.85 bits per heavy atom. The van der Waals surface area contributed by atoms with E-state index >= 15 is 0 Å². The van der Waals surface area contributed by atoms with Crippen LogP contribution in [0.1, 0.15) is 26.7 Å². The number of hydrogen-bond acceptors (Lipinski definition) is 5. The molecule has 8 heteroatoms. The van der Waals surface area contributed by atoms with E-state index < -0.39 is 20.6 Å². The normalized spacial score (nSPS) is 11.3. The first-order chi connectivity index (χ1) is 9.42. The molecular weight excluding hydrogens is 282 g/mol. The van der Waals surface area contributed by atoms with Gasteiger partial charge in [-0.1, -0.05) is 13.8 Å². The third kappa shape index (κ3) is 4.17. The Hall–Kier alpha value is -1.67. The molecule has 1 rings (SSSR count). The van der Waals surface area contributed by atoms with Crippen molar-refractivity contribution in [2.45, 2.75) is 31.6 Å². The maximum atomic E-state index is 12.1. The first-order valence-corrected chi connectivity index (χ1v) is 7.92. The zero-order valence-electron chi connectivity index (χ0n) is 11.5. The fraction of sp³-hybridized carbons (Fsp3) is 0.500. The number of nitrogens with one attached hydrogen (secondary N) is 2. The molecule has 0 heterocycles. The second-order valence-electron chi connectivity index (χ2n) is 4.26. The molecule has 0 aliphatic heterocycles. The van der Waals surface area contributed by atoms with Crippen LogP contribution in [0.5, 0.6) is 0 Å². The van der Waals surface area contributed by atoms with Crippen molar-refractivity contribution in [2.75, 3.05) is 18.4 Å². The van der Waals surface area contributed by atoms with Gasteiger partial charge in [-0.3, -0.25) is 10.1 Å². The molecule has 0 spiro atoms. The highest BCUT2D eigenvalue weighted by Crippen LogP contribution is 2.27. The highest BCUT2D eigenvalue weighted by Gasteiger charge is 2.25. The van der Waals surface area contributed by atoms with Crippen molar-refractivity contribution in [2.24, 2.45) is 0 Å². The molecule has 1 aromatic rings. The average Bonchev–Trinajstić information content (AvgIpc) is 2.42. The fourth-order valence-electron chi connectivity index (χ4n) is 1.57. The van der Waals surface area contributed by atoms with Crippen LogP contribution in [0.4, 0.5) is 11.4 Å². The molecule has 7 nitrogen and oxygen atoms in total. The van der Waals surface area contributed by atoms with Crippen LogP contribution in [0.3, 0.4) is 0 Å². The quantitative estimate of drug-likeness (QED) is 0.565. The van der Waals surface area contributed by atoms with Gasteiger partial charge in [-0.15, -0.1) is 0 Å². The van der Waals surface area contributed by atoms with E-state index in [0.717, 1.165) is 6.42 Å². The molecule has 0 unspecified atom stereocenters. The minimum Gasteiger partial charge on any atom is -0.385 e. The van der Waals surface area contributed by atoms with Gasteiger partial charge >= 0.3 is 0 Å². The Labute approximate surface area is 118 Å². The first-order valence-electron chi connectivity index (χ1n) is 6.44. The molecule has 0 aliphatic rings. The predicted molar refractivity (Wildman–Crippen MR) is 77.4 cm³/mol. The van der Waals surface area contributed by atoms with Gasteiger partial charge in [-0.2, -0.15) is 0 Å². The monoisotopic (exact) mass is 301 g/mol. The van der Waals surface area contributed by atoms with Crippen molar-refractivity contribution in [3.63, 3.8) is 0 Å². The van der Waals surface area contributed by atoms with E-state index in [1.165, 1.54) is 18.2 Å². The Bertz CT molecular complexity index is 572. The van der Waals surface area contributed by atoms with Crippen molar-refractivity contribution < 1.29 is 13.3 Å². The number of anilines is 1. The molecule has 0 amide bonds.